The second-order valence-electron chi connectivity index (χ2n) is 8.01. The number of hydrogen-bond donors (Lipinski definition) is 1. The number of methoxy groups -OCH3 is 1. The molecule has 0 bridgehead atoms. The molecule has 1 atom stereocenters. The molecule has 0 spiro atoms. The van der Waals surface area contributed by atoms with Gasteiger partial charge >= 0.3 is 0 Å². The Balaban J connectivity index is 1.65. The van der Waals surface area contributed by atoms with E-state index >= 15 is 0 Å². The molecule has 4 rings (SSSR count). The van der Waals surface area contributed by atoms with Gasteiger partial charge < -0.3 is 10.1 Å². The van der Waals surface area contributed by atoms with Crippen LogP contribution in [0.15, 0.2) is 42.5 Å². The number of rotatable bonds is 5. The summed E-state index contributed by atoms with van der Waals surface area (Å²) in [4.78, 5) is 27.6. The van der Waals surface area contributed by atoms with Crippen molar-refractivity contribution < 1.29 is 14.3 Å². The summed E-state index contributed by atoms with van der Waals surface area (Å²) >= 11 is 1.58. The average molecular weight is 425 g/mol. The Morgan fingerprint density at radius 1 is 1.13 bits per heavy atom. The summed E-state index contributed by atoms with van der Waals surface area (Å²) in [5, 5.41) is 2.95. The van der Waals surface area contributed by atoms with Gasteiger partial charge in [0.25, 0.3) is 0 Å². The number of hydrogen-bond acceptors (Lipinski definition) is 4. The van der Waals surface area contributed by atoms with Crippen molar-refractivity contribution in [2.45, 2.75) is 44.4 Å². The molecule has 1 aliphatic carbocycles. The summed E-state index contributed by atoms with van der Waals surface area (Å²) in [5.41, 5.74) is 3.57. The highest BCUT2D eigenvalue weighted by atomic mass is 32.2. The smallest absolute Gasteiger partial charge is 0.238 e. The van der Waals surface area contributed by atoms with Gasteiger partial charge in [-0.05, 0) is 43.5 Å². The molecule has 2 amide bonds. The van der Waals surface area contributed by atoms with E-state index in [4.69, 9.17) is 4.74 Å². The topological polar surface area (TPSA) is 58.6 Å². The van der Waals surface area contributed by atoms with Gasteiger partial charge in [-0.15, -0.1) is 11.8 Å². The molecule has 1 heterocycles. The number of ether oxygens (including phenoxy) is 1. The molecule has 2 aliphatic rings. The van der Waals surface area contributed by atoms with E-state index in [9.17, 15) is 9.59 Å². The van der Waals surface area contributed by atoms with Crippen LogP contribution in [0.5, 0.6) is 5.75 Å². The lowest BCUT2D eigenvalue weighted by molar-refractivity contribution is -0.120. The molecule has 1 saturated carbocycles. The van der Waals surface area contributed by atoms with E-state index in [1.54, 1.807) is 18.9 Å². The fourth-order valence-electron chi connectivity index (χ4n) is 4.33. The zero-order chi connectivity index (χ0) is 21.1. The molecule has 30 heavy (non-hydrogen) atoms. The van der Waals surface area contributed by atoms with E-state index in [1.165, 1.54) is 6.42 Å². The SMILES string of the molecule is COc1ccc(C)cc1N1C(=O)CS[C@@H]1c1ccccc1NC(=O)C1CCCCC1. The number of aryl methyl sites for hydroxylation is 1. The number of anilines is 2. The standard InChI is InChI=1S/C24H28N2O3S/c1-16-12-13-21(29-2)20(14-16)26-22(27)15-30-24(26)18-10-6-7-11-19(18)25-23(28)17-8-4-3-5-9-17/h6-7,10-14,17,24H,3-5,8-9,15H2,1-2H3,(H,25,28)/t24-/m1/s1. The number of amides is 2. The Bertz CT molecular complexity index is 940. The highest BCUT2D eigenvalue weighted by Crippen LogP contribution is 2.47. The zero-order valence-electron chi connectivity index (χ0n) is 17.5. The number of para-hydroxylation sites is 1. The van der Waals surface area contributed by atoms with E-state index < -0.39 is 0 Å². The lowest BCUT2D eigenvalue weighted by Crippen LogP contribution is -2.30. The number of benzene rings is 2. The lowest BCUT2D eigenvalue weighted by Gasteiger charge is -2.28. The summed E-state index contributed by atoms with van der Waals surface area (Å²) < 4.78 is 5.55. The summed E-state index contributed by atoms with van der Waals surface area (Å²) in [5.74, 6) is 1.29. The molecule has 158 valence electrons. The van der Waals surface area contributed by atoms with Crippen molar-refractivity contribution in [3.8, 4) is 5.75 Å². The van der Waals surface area contributed by atoms with Crippen molar-refractivity contribution in [3.63, 3.8) is 0 Å². The summed E-state index contributed by atoms with van der Waals surface area (Å²) in [6, 6.07) is 13.7. The monoisotopic (exact) mass is 424 g/mol. The van der Waals surface area contributed by atoms with Crippen LogP contribution in [0.2, 0.25) is 0 Å². The van der Waals surface area contributed by atoms with Crippen molar-refractivity contribution in [2.75, 3.05) is 23.1 Å². The fourth-order valence-corrected chi connectivity index (χ4v) is 5.53. The van der Waals surface area contributed by atoms with Crippen LogP contribution in [0.1, 0.15) is 48.6 Å². The molecule has 5 nitrogen and oxygen atoms in total. The Kier molecular flexibility index (Phi) is 6.32. The Morgan fingerprint density at radius 3 is 2.67 bits per heavy atom. The molecule has 2 fully saturated rings. The first-order valence-electron chi connectivity index (χ1n) is 10.6. The van der Waals surface area contributed by atoms with Gasteiger partial charge in [0.05, 0.1) is 18.6 Å². The average Bonchev–Trinajstić information content (AvgIpc) is 3.15. The maximum absolute atomic E-state index is 12.9. The van der Waals surface area contributed by atoms with E-state index in [0.29, 0.717) is 11.5 Å². The predicted molar refractivity (Wildman–Crippen MR) is 122 cm³/mol. The van der Waals surface area contributed by atoms with Crippen LogP contribution in [-0.2, 0) is 9.59 Å². The van der Waals surface area contributed by atoms with Crippen LogP contribution >= 0.6 is 11.8 Å². The van der Waals surface area contributed by atoms with Crippen LogP contribution in [0.4, 0.5) is 11.4 Å². The Labute approximate surface area is 182 Å². The number of nitrogens with zero attached hydrogens (tertiary/aromatic N) is 1. The third-order valence-electron chi connectivity index (χ3n) is 5.92. The van der Waals surface area contributed by atoms with Gasteiger partial charge in [0.1, 0.15) is 11.1 Å². The minimum atomic E-state index is -0.212. The second-order valence-corrected chi connectivity index (χ2v) is 9.08. The van der Waals surface area contributed by atoms with Crippen LogP contribution in [0.3, 0.4) is 0 Å². The normalized spacial score (nSPS) is 19.7. The van der Waals surface area contributed by atoms with Gasteiger partial charge in [0, 0.05) is 17.2 Å². The first-order chi connectivity index (χ1) is 14.6. The number of nitrogens with one attached hydrogen (secondary N) is 1. The first-order valence-corrected chi connectivity index (χ1v) is 11.6. The quantitative estimate of drug-likeness (QED) is 0.707. The summed E-state index contributed by atoms with van der Waals surface area (Å²) in [6.07, 6.45) is 5.37. The molecule has 0 radical (unpaired) electrons. The van der Waals surface area contributed by atoms with Crippen molar-refractivity contribution in [1.82, 2.24) is 0 Å². The van der Waals surface area contributed by atoms with Crippen molar-refractivity contribution in [3.05, 3.63) is 53.6 Å². The van der Waals surface area contributed by atoms with Crippen molar-refractivity contribution in [2.24, 2.45) is 5.92 Å². The van der Waals surface area contributed by atoms with Crippen LogP contribution in [0, 0.1) is 12.8 Å². The van der Waals surface area contributed by atoms with Gasteiger partial charge in [-0.1, -0.05) is 43.5 Å². The third-order valence-corrected chi connectivity index (χ3v) is 7.12. The van der Waals surface area contributed by atoms with E-state index in [-0.39, 0.29) is 23.1 Å². The van der Waals surface area contributed by atoms with Crippen molar-refractivity contribution >= 4 is 35.0 Å². The van der Waals surface area contributed by atoms with Crippen LogP contribution in [0.25, 0.3) is 0 Å². The van der Waals surface area contributed by atoms with Gasteiger partial charge in [-0.2, -0.15) is 0 Å². The van der Waals surface area contributed by atoms with Gasteiger partial charge in [-0.3, -0.25) is 14.5 Å². The molecule has 2 aromatic rings. The fraction of sp³-hybridized carbons (Fsp3) is 0.417. The number of carbonyl (C=O) groups is 2. The molecular formula is C24H28N2O3S. The van der Waals surface area contributed by atoms with Gasteiger partial charge in [-0.25, -0.2) is 0 Å². The minimum Gasteiger partial charge on any atom is -0.495 e. The Morgan fingerprint density at radius 2 is 1.90 bits per heavy atom. The predicted octanol–water partition coefficient (Wildman–Crippen LogP) is 5.30. The van der Waals surface area contributed by atoms with E-state index in [0.717, 1.165) is 48.2 Å². The first kappa shape index (κ1) is 20.8. The minimum absolute atomic E-state index is 0.0438. The molecular weight excluding hydrogens is 396 g/mol. The lowest BCUT2D eigenvalue weighted by atomic mass is 9.88. The maximum atomic E-state index is 12.9. The number of carbonyl (C=O) groups excluding carboxylic acids is 2. The van der Waals surface area contributed by atoms with Gasteiger partial charge in [0.2, 0.25) is 11.8 Å². The molecule has 0 unspecified atom stereocenters. The van der Waals surface area contributed by atoms with E-state index in [1.807, 2.05) is 54.3 Å². The van der Waals surface area contributed by atoms with Crippen molar-refractivity contribution in [1.29, 1.82) is 0 Å². The Hall–Kier alpha value is -2.47. The van der Waals surface area contributed by atoms with Crippen LogP contribution in [-0.4, -0.2) is 24.7 Å². The summed E-state index contributed by atoms with van der Waals surface area (Å²) in [7, 11) is 1.62. The third kappa shape index (κ3) is 4.19. The highest BCUT2D eigenvalue weighted by molar-refractivity contribution is 8.00. The molecule has 0 aromatic heterocycles. The van der Waals surface area contributed by atoms with E-state index in [2.05, 4.69) is 5.32 Å². The highest BCUT2D eigenvalue weighted by Gasteiger charge is 2.37. The molecule has 1 aliphatic heterocycles. The largest absolute Gasteiger partial charge is 0.495 e. The maximum Gasteiger partial charge on any atom is 0.238 e. The molecule has 1 N–H and O–H groups in total. The molecule has 1 saturated heterocycles. The number of thioether (sulfide) groups is 1. The second kappa shape index (κ2) is 9.13. The van der Waals surface area contributed by atoms with Crippen LogP contribution < -0.4 is 15.0 Å². The molecule has 2 aromatic carbocycles. The van der Waals surface area contributed by atoms with Gasteiger partial charge in [0.15, 0.2) is 0 Å². The molecule has 6 heteroatoms. The summed E-state index contributed by atoms with van der Waals surface area (Å²) in [6.45, 7) is 2.00. The zero-order valence-corrected chi connectivity index (χ0v) is 18.3.